The molecular weight excluding hydrogens is 286 g/mol. The largest absolute Gasteiger partial charge is 0.393 e. The van der Waals surface area contributed by atoms with E-state index < -0.39 is 16.1 Å². The standard InChI is InChI=1S/C16H25NO3S/c1-12-7-8-13(2)16(10-12)21(19,20)17-9-5-4-6-15(17)11-14(3)18/h7-8,10,14-15,18H,4-6,9,11H2,1-3H3. The number of hydrogen-bond acceptors (Lipinski definition) is 3. The molecule has 0 bridgehead atoms. The van der Waals surface area contributed by atoms with Crippen molar-refractivity contribution in [1.82, 2.24) is 4.31 Å². The number of piperidine rings is 1. The molecule has 1 aliphatic rings. The van der Waals surface area contributed by atoms with Crippen molar-refractivity contribution in [3.05, 3.63) is 29.3 Å². The molecule has 1 fully saturated rings. The van der Waals surface area contributed by atoms with Crippen molar-refractivity contribution in [2.75, 3.05) is 6.54 Å². The lowest BCUT2D eigenvalue weighted by Gasteiger charge is -2.35. The minimum Gasteiger partial charge on any atom is -0.393 e. The predicted molar refractivity (Wildman–Crippen MR) is 83.7 cm³/mol. The predicted octanol–water partition coefficient (Wildman–Crippen LogP) is 2.62. The summed E-state index contributed by atoms with van der Waals surface area (Å²) in [5, 5.41) is 9.64. The number of aliphatic hydroxyl groups is 1. The van der Waals surface area contributed by atoms with Gasteiger partial charge in [-0.2, -0.15) is 4.31 Å². The lowest BCUT2D eigenvalue weighted by molar-refractivity contribution is 0.131. The van der Waals surface area contributed by atoms with Gasteiger partial charge < -0.3 is 5.11 Å². The fourth-order valence-corrected chi connectivity index (χ4v) is 5.05. The Morgan fingerprint density at radius 1 is 1.33 bits per heavy atom. The summed E-state index contributed by atoms with van der Waals surface area (Å²) in [5.74, 6) is 0. The monoisotopic (exact) mass is 311 g/mol. The molecule has 118 valence electrons. The first-order valence-corrected chi connectivity index (χ1v) is 9.03. The third-order valence-electron chi connectivity index (χ3n) is 4.12. The molecule has 1 aromatic rings. The maximum absolute atomic E-state index is 13.0. The van der Waals surface area contributed by atoms with Gasteiger partial charge in [-0.3, -0.25) is 0 Å². The van der Waals surface area contributed by atoms with Crippen LogP contribution >= 0.6 is 0 Å². The molecule has 4 nitrogen and oxygen atoms in total. The molecule has 0 saturated carbocycles. The van der Waals surface area contributed by atoms with Gasteiger partial charge in [0.05, 0.1) is 11.0 Å². The van der Waals surface area contributed by atoms with Crippen LogP contribution in [0.4, 0.5) is 0 Å². The summed E-state index contributed by atoms with van der Waals surface area (Å²) in [6.07, 6.45) is 2.76. The van der Waals surface area contributed by atoms with Gasteiger partial charge in [0.25, 0.3) is 0 Å². The summed E-state index contributed by atoms with van der Waals surface area (Å²) in [4.78, 5) is 0.403. The van der Waals surface area contributed by atoms with E-state index in [-0.39, 0.29) is 6.04 Å². The summed E-state index contributed by atoms with van der Waals surface area (Å²) in [5.41, 5.74) is 1.73. The Hall–Kier alpha value is -0.910. The van der Waals surface area contributed by atoms with Gasteiger partial charge in [-0.15, -0.1) is 0 Å². The third-order valence-corrected chi connectivity index (χ3v) is 6.21. The number of aryl methyl sites for hydroxylation is 2. The summed E-state index contributed by atoms with van der Waals surface area (Å²) >= 11 is 0. The molecule has 2 atom stereocenters. The van der Waals surface area contributed by atoms with Crippen LogP contribution in [0.15, 0.2) is 23.1 Å². The Bertz CT molecular complexity index is 596. The van der Waals surface area contributed by atoms with Crippen LogP contribution in [0.25, 0.3) is 0 Å². The first-order chi connectivity index (χ1) is 9.82. The second-order valence-corrected chi connectivity index (χ2v) is 7.98. The first kappa shape index (κ1) is 16.5. The van der Waals surface area contributed by atoms with Gasteiger partial charge in [0.15, 0.2) is 0 Å². The zero-order valence-corrected chi connectivity index (χ0v) is 13.9. The molecule has 5 heteroatoms. The van der Waals surface area contributed by atoms with E-state index in [1.54, 1.807) is 17.3 Å². The second kappa shape index (κ2) is 6.46. The molecule has 2 unspecified atom stereocenters. The van der Waals surface area contributed by atoms with Gasteiger partial charge in [-0.25, -0.2) is 8.42 Å². The molecule has 0 aromatic heterocycles. The van der Waals surface area contributed by atoms with Crippen LogP contribution in [0.3, 0.4) is 0 Å². The van der Waals surface area contributed by atoms with E-state index in [1.165, 1.54) is 0 Å². The highest BCUT2D eigenvalue weighted by atomic mass is 32.2. The fraction of sp³-hybridized carbons (Fsp3) is 0.625. The van der Waals surface area contributed by atoms with Crippen LogP contribution in [0.1, 0.15) is 43.7 Å². The van der Waals surface area contributed by atoms with Crippen LogP contribution in [-0.2, 0) is 10.0 Å². The summed E-state index contributed by atoms with van der Waals surface area (Å²) in [6, 6.07) is 5.44. The highest BCUT2D eigenvalue weighted by Gasteiger charge is 2.34. The van der Waals surface area contributed by atoms with E-state index in [0.29, 0.717) is 17.9 Å². The average molecular weight is 311 g/mol. The molecule has 1 N–H and O–H groups in total. The van der Waals surface area contributed by atoms with Gasteiger partial charge in [0, 0.05) is 12.6 Å². The number of rotatable bonds is 4. The number of aliphatic hydroxyl groups excluding tert-OH is 1. The summed E-state index contributed by atoms with van der Waals surface area (Å²) < 4.78 is 27.6. The molecule has 1 aromatic carbocycles. The lowest BCUT2D eigenvalue weighted by atomic mass is 10.00. The Kier molecular flexibility index (Phi) is 5.07. The van der Waals surface area contributed by atoms with E-state index in [2.05, 4.69) is 0 Å². The van der Waals surface area contributed by atoms with Gasteiger partial charge >= 0.3 is 0 Å². The van der Waals surface area contributed by atoms with E-state index in [0.717, 1.165) is 30.4 Å². The SMILES string of the molecule is Cc1ccc(C)c(S(=O)(=O)N2CCCCC2CC(C)O)c1. The van der Waals surface area contributed by atoms with Crippen molar-refractivity contribution in [2.45, 2.75) is 63.5 Å². The molecule has 0 spiro atoms. The number of hydrogen-bond donors (Lipinski definition) is 1. The average Bonchev–Trinajstić information content (AvgIpc) is 2.41. The Labute approximate surface area is 127 Å². The quantitative estimate of drug-likeness (QED) is 0.930. The van der Waals surface area contributed by atoms with Crippen molar-refractivity contribution >= 4 is 10.0 Å². The molecule has 1 heterocycles. The van der Waals surface area contributed by atoms with Crippen LogP contribution in [0.5, 0.6) is 0 Å². The third kappa shape index (κ3) is 3.65. The molecule has 0 radical (unpaired) electrons. The van der Waals surface area contributed by atoms with Crippen molar-refractivity contribution < 1.29 is 13.5 Å². The Balaban J connectivity index is 2.38. The van der Waals surface area contributed by atoms with Crippen LogP contribution < -0.4 is 0 Å². The van der Waals surface area contributed by atoms with Crippen molar-refractivity contribution in [3.63, 3.8) is 0 Å². The fourth-order valence-electron chi connectivity index (χ4n) is 3.03. The topological polar surface area (TPSA) is 57.6 Å². The molecule has 0 aliphatic carbocycles. The molecule has 0 amide bonds. The summed E-state index contributed by atoms with van der Waals surface area (Å²) in [6.45, 7) is 6.01. The molecule has 1 aliphatic heterocycles. The van der Waals surface area contributed by atoms with Crippen LogP contribution in [0.2, 0.25) is 0 Å². The van der Waals surface area contributed by atoms with Gasteiger partial charge in [0.2, 0.25) is 10.0 Å². The van der Waals surface area contributed by atoms with E-state index in [9.17, 15) is 13.5 Å². The Morgan fingerprint density at radius 3 is 2.71 bits per heavy atom. The zero-order valence-electron chi connectivity index (χ0n) is 13.0. The molecule has 2 rings (SSSR count). The van der Waals surface area contributed by atoms with E-state index in [1.807, 2.05) is 26.0 Å². The van der Waals surface area contributed by atoms with Crippen LogP contribution in [0, 0.1) is 13.8 Å². The van der Waals surface area contributed by atoms with Crippen molar-refractivity contribution in [3.8, 4) is 0 Å². The van der Waals surface area contributed by atoms with Crippen molar-refractivity contribution in [2.24, 2.45) is 0 Å². The first-order valence-electron chi connectivity index (χ1n) is 7.59. The maximum Gasteiger partial charge on any atom is 0.243 e. The zero-order chi connectivity index (χ0) is 15.6. The normalized spacial score (nSPS) is 22.2. The van der Waals surface area contributed by atoms with Crippen molar-refractivity contribution in [1.29, 1.82) is 0 Å². The van der Waals surface area contributed by atoms with Gasteiger partial charge in [0.1, 0.15) is 0 Å². The van der Waals surface area contributed by atoms with Crippen LogP contribution in [-0.4, -0.2) is 36.5 Å². The minimum atomic E-state index is -3.49. The smallest absolute Gasteiger partial charge is 0.243 e. The molecular formula is C16H25NO3S. The number of benzene rings is 1. The number of nitrogens with zero attached hydrogens (tertiary/aromatic N) is 1. The van der Waals surface area contributed by atoms with Gasteiger partial charge in [-0.1, -0.05) is 18.6 Å². The summed E-state index contributed by atoms with van der Waals surface area (Å²) in [7, 11) is -3.49. The van der Waals surface area contributed by atoms with E-state index in [4.69, 9.17) is 0 Å². The molecule has 1 saturated heterocycles. The van der Waals surface area contributed by atoms with Gasteiger partial charge in [-0.05, 0) is 57.2 Å². The van der Waals surface area contributed by atoms with E-state index >= 15 is 0 Å². The lowest BCUT2D eigenvalue weighted by Crippen LogP contribution is -2.45. The molecule has 21 heavy (non-hydrogen) atoms. The Morgan fingerprint density at radius 2 is 2.05 bits per heavy atom. The maximum atomic E-state index is 13.0. The second-order valence-electron chi connectivity index (χ2n) is 6.12. The highest BCUT2D eigenvalue weighted by molar-refractivity contribution is 7.89. The minimum absolute atomic E-state index is 0.0938. The highest BCUT2D eigenvalue weighted by Crippen LogP contribution is 2.29. The number of sulfonamides is 1.